The maximum atomic E-state index is 12.7. The van der Waals surface area contributed by atoms with Gasteiger partial charge in [0.15, 0.2) is 18.2 Å². The van der Waals surface area contributed by atoms with Crippen molar-refractivity contribution in [1.82, 2.24) is 24.8 Å². The largest absolute Gasteiger partial charge is 0.478 e. The van der Waals surface area contributed by atoms with E-state index in [1.54, 1.807) is 19.3 Å². The third-order valence-corrected chi connectivity index (χ3v) is 7.93. The van der Waals surface area contributed by atoms with Gasteiger partial charge in [-0.05, 0) is 81.9 Å². The van der Waals surface area contributed by atoms with Crippen LogP contribution in [-0.2, 0) is 11.8 Å². The first kappa shape index (κ1) is 30.6. The summed E-state index contributed by atoms with van der Waals surface area (Å²) in [6.07, 6.45) is 7.56. The minimum Gasteiger partial charge on any atom is -0.478 e. The lowest BCUT2D eigenvalue weighted by atomic mass is 9.93. The monoisotopic (exact) mass is 583 g/mol. The van der Waals surface area contributed by atoms with Gasteiger partial charge in [0.25, 0.3) is 11.5 Å². The highest BCUT2D eigenvalue weighted by Gasteiger charge is 2.22. The molecule has 2 N–H and O–H groups in total. The van der Waals surface area contributed by atoms with Gasteiger partial charge in [0.2, 0.25) is 5.95 Å². The Kier molecular flexibility index (Phi) is 10.8. The number of aryl methyl sites for hydroxylation is 1. The number of hydrogen-bond donors (Lipinski definition) is 2. The number of piperidine rings is 1. The molecule has 0 bridgehead atoms. The predicted octanol–water partition coefficient (Wildman–Crippen LogP) is 4.58. The molecular weight excluding hydrogens is 542 g/mol. The first-order chi connectivity index (χ1) is 19.8. The molecule has 1 aliphatic rings. The zero-order valence-corrected chi connectivity index (χ0v) is 25.3. The average molecular weight is 584 g/mol. The van der Waals surface area contributed by atoms with Crippen LogP contribution < -0.4 is 25.8 Å². The Bertz CT molecular complexity index is 1380. The molecule has 0 radical (unpaired) electrons. The van der Waals surface area contributed by atoms with Crippen LogP contribution in [0.5, 0.6) is 5.75 Å². The van der Waals surface area contributed by atoms with Crippen molar-refractivity contribution in [3.63, 3.8) is 0 Å². The number of nitrogens with zero attached hydrogens (tertiary/aromatic N) is 5. The molecule has 0 saturated carbocycles. The second-order valence-electron chi connectivity index (χ2n) is 10.7. The third kappa shape index (κ3) is 7.89. The van der Waals surface area contributed by atoms with Gasteiger partial charge in [0.05, 0.1) is 11.7 Å². The van der Waals surface area contributed by atoms with Crippen molar-refractivity contribution in [1.29, 1.82) is 0 Å². The minimum absolute atomic E-state index is 0.106. The van der Waals surface area contributed by atoms with E-state index in [9.17, 15) is 9.59 Å². The number of likely N-dealkylation sites (N-methyl/N-ethyl adjacent to an activating group) is 1. The maximum Gasteiger partial charge on any atom is 0.293 e. The quantitative estimate of drug-likeness (QED) is 0.301. The summed E-state index contributed by atoms with van der Waals surface area (Å²) in [7, 11) is 3.19. The van der Waals surface area contributed by atoms with Crippen LogP contribution in [-0.4, -0.2) is 71.7 Å². The van der Waals surface area contributed by atoms with Crippen molar-refractivity contribution in [2.75, 3.05) is 56.6 Å². The lowest BCUT2D eigenvalue weighted by molar-refractivity contribution is -0.122. The van der Waals surface area contributed by atoms with E-state index >= 15 is 0 Å². The lowest BCUT2D eigenvalue weighted by Gasteiger charge is -2.33. The molecule has 1 aliphatic heterocycles. The van der Waals surface area contributed by atoms with Gasteiger partial charge < -0.3 is 29.7 Å². The summed E-state index contributed by atoms with van der Waals surface area (Å²) >= 11 is 6.49. The predicted molar refractivity (Wildman–Crippen MR) is 166 cm³/mol. The number of ether oxygens (including phenoxy) is 1. The number of benzene rings is 1. The van der Waals surface area contributed by atoms with E-state index in [2.05, 4.69) is 39.3 Å². The Morgan fingerprint density at radius 2 is 1.88 bits per heavy atom. The standard InChI is InChI=1S/C30H42ClN7O3/c1-5-12-37(13-6-2)14-9-21-10-15-38(16-11-21)30-33-19-24(31)28(35-30)34-23-7-8-25-22(17-23)18-26(29(40)36(25)4)41-20-27(39)32-3/h7-8,17-19,21H,5-6,9-16,20H2,1-4H3,(H,32,39)(H,33,34,35). The SMILES string of the molecule is CCCN(CCC)CCC1CCN(c2ncc(Cl)c(Nc3ccc4c(c3)cc(OCC(=O)NC)c(=O)n4C)n2)CC1. The van der Waals surface area contributed by atoms with Gasteiger partial charge in [-0.2, -0.15) is 4.98 Å². The van der Waals surface area contributed by atoms with Gasteiger partial charge in [-0.3, -0.25) is 9.59 Å². The molecule has 1 amide bonds. The van der Waals surface area contributed by atoms with Crippen molar-refractivity contribution in [2.24, 2.45) is 13.0 Å². The highest BCUT2D eigenvalue weighted by Crippen LogP contribution is 2.29. The van der Waals surface area contributed by atoms with Crippen molar-refractivity contribution in [3.8, 4) is 5.75 Å². The summed E-state index contributed by atoms with van der Waals surface area (Å²) in [6, 6.07) is 7.26. The molecule has 1 saturated heterocycles. The Balaban J connectivity index is 1.43. The number of hydrogen-bond acceptors (Lipinski definition) is 8. The van der Waals surface area contributed by atoms with Crippen molar-refractivity contribution >= 4 is 45.9 Å². The highest BCUT2D eigenvalue weighted by molar-refractivity contribution is 6.32. The second kappa shape index (κ2) is 14.5. The third-order valence-electron chi connectivity index (χ3n) is 7.65. The van der Waals surface area contributed by atoms with Crippen molar-refractivity contribution in [3.05, 3.63) is 45.8 Å². The van der Waals surface area contributed by atoms with Crippen LogP contribution in [0.25, 0.3) is 10.9 Å². The van der Waals surface area contributed by atoms with Crippen LogP contribution in [0.15, 0.2) is 35.3 Å². The number of fused-ring (bicyclic) bond motifs is 1. The minimum atomic E-state index is -0.313. The highest BCUT2D eigenvalue weighted by atomic mass is 35.5. The molecule has 0 atom stereocenters. The van der Waals surface area contributed by atoms with Crippen LogP contribution >= 0.6 is 11.6 Å². The van der Waals surface area contributed by atoms with E-state index < -0.39 is 0 Å². The summed E-state index contributed by atoms with van der Waals surface area (Å²) in [5.41, 5.74) is 1.17. The summed E-state index contributed by atoms with van der Waals surface area (Å²) < 4.78 is 6.98. The topological polar surface area (TPSA) is 105 Å². The number of carbonyl (C=O) groups is 1. The summed E-state index contributed by atoms with van der Waals surface area (Å²) in [5.74, 6) is 1.71. The first-order valence-electron chi connectivity index (χ1n) is 14.6. The molecule has 1 fully saturated rings. The summed E-state index contributed by atoms with van der Waals surface area (Å²) in [5, 5.41) is 6.99. The Labute approximate surface area is 247 Å². The van der Waals surface area contributed by atoms with E-state index in [4.69, 9.17) is 21.3 Å². The number of amides is 1. The van der Waals surface area contributed by atoms with Gasteiger partial charge in [-0.1, -0.05) is 25.4 Å². The first-order valence-corrected chi connectivity index (χ1v) is 14.9. The van der Waals surface area contributed by atoms with Gasteiger partial charge in [-0.25, -0.2) is 4.98 Å². The molecule has 41 heavy (non-hydrogen) atoms. The zero-order valence-electron chi connectivity index (χ0n) is 24.6. The van der Waals surface area contributed by atoms with Crippen LogP contribution in [0, 0.1) is 5.92 Å². The van der Waals surface area contributed by atoms with Crippen LogP contribution in [0.4, 0.5) is 17.5 Å². The number of aromatic nitrogens is 3. The van der Waals surface area contributed by atoms with Gasteiger partial charge >= 0.3 is 0 Å². The number of pyridine rings is 1. The van der Waals surface area contributed by atoms with Crippen molar-refractivity contribution in [2.45, 2.75) is 46.0 Å². The molecule has 11 heteroatoms. The van der Waals surface area contributed by atoms with E-state index in [1.165, 1.54) is 50.5 Å². The van der Waals surface area contributed by atoms with Gasteiger partial charge in [0, 0.05) is 38.3 Å². The van der Waals surface area contributed by atoms with E-state index in [0.717, 1.165) is 48.4 Å². The number of halogens is 1. The molecule has 0 unspecified atom stereocenters. The van der Waals surface area contributed by atoms with Crippen molar-refractivity contribution < 1.29 is 9.53 Å². The summed E-state index contributed by atoms with van der Waals surface area (Å²) in [4.78, 5) is 38.4. The molecule has 1 aromatic carbocycles. The average Bonchev–Trinajstić information content (AvgIpc) is 2.98. The fourth-order valence-electron chi connectivity index (χ4n) is 5.34. The zero-order chi connectivity index (χ0) is 29.4. The van der Waals surface area contributed by atoms with Crippen LogP contribution in [0.2, 0.25) is 5.02 Å². The number of rotatable bonds is 13. The molecule has 10 nitrogen and oxygen atoms in total. The second-order valence-corrected chi connectivity index (χ2v) is 11.1. The van der Waals surface area contributed by atoms with Gasteiger partial charge in [-0.15, -0.1) is 0 Å². The molecule has 222 valence electrons. The van der Waals surface area contributed by atoms with E-state index in [1.807, 2.05) is 18.2 Å². The van der Waals surface area contributed by atoms with Gasteiger partial charge in [0.1, 0.15) is 5.02 Å². The van der Waals surface area contributed by atoms with E-state index in [0.29, 0.717) is 16.8 Å². The maximum absolute atomic E-state index is 12.7. The summed E-state index contributed by atoms with van der Waals surface area (Å²) in [6.45, 7) is 9.67. The molecule has 3 aromatic rings. The molecule has 2 aromatic heterocycles. The number of nitrogens with one attached hydrogen (secondary N) is 2. The Hall–Kier alpha value is -3.37. The molecule has 0 aliphatic carbocycles. The van der Waals surface area contributed by atoms with Crippen LogP contribution in [0.3, 0.4) is 0 Å². The van der Waals surface area contributed by atoms with Crippen LogP contribution in [0.1, 0.15) is 46.0 Å². The molecule has 3 heterocycles. The normalized spacial score (nSPS) is 14.0. The lowest BCUT2D eigenvalue weighted by Crippen LogP contribution is -2.36. The fourth-order valence-corrected chi connectivity index (χ4v) is 5.48. The molecular formula is C30H42ClN7O3. The fraction of sp³-hybridized carbons (Fsp3) is 0.533. The Morgan fingerprint density at radius 3 is 2.56 bits per heavy atom. The molecule has 4 rings (SSSR count). The smallest absolute Gasteiger partial charge is 0.293 e. The molecule has 0 spiro atoms. The number of carbonyl (C=O) groups excluding carboxylic acids is 1. The number of anilines is 3. The Morgan fingerprint density at radius 1 is 1.15 bits per heavy atom. The van der Waals surface area contributed by atoms with E-state index in [-0.39, 0.29) is 23.8 Å².